The van der Waals surface area contributed by atoms with Gasteiger partial charge in [0.05, 0.1) is 12.6 Å². The Kier molecular flexibility index (Phi) is 6.47. The number of amidine groups is 1. The van der Waals surface area contributed by atoms with E-state index < -0.39 is 6.04 Å². The van der Waals surface area contributed by atoms with Gasteiger partial charge in [-0.05, 0) is 6.42 Å². The van der Waals surface area contributed by atoms with Crippen LogP contribution in [-0.2, 0) is 9.53 Å². The van der Waals surface area contributed by atoms with Gasteiger partial charge in [0.25, 0.3) is 0 Å². The zero-order chi connectivity index (χ0) is 11.0. The molecular weight excluding hydrogens is 186 g/mol. The van der Waals surface area contributed by atoms with Crippen molar-refractivity contribution >= 4 is 11.7 Å². The first-order chi connectivity index (χ1) is 6.65. The number of hydrogen-bond acceptors (Lipinski definition) is 4. The first-order valence-corrected chi connectivity index (χ1v) is 4.41. The molecule has 0 aliphatic rings. The Hall–Kier alpha value is -1.30. The molecule has 14 heavy (non-hydrogen) atoms. The maximum absolute atomic E-state index is 11.2. The average molecular weight is 203 g/mol. The van der Waals surface area contributed by atoms with E-state index in [9.17, 15) is 4.79 Å². The number of hydrogen-bond donors (Lipinski definition) is 3. The van der Waals surface area contributed by atoms with E-state index in [0.717, 1.165) is 0 Å². The molecule has 1 amide bonds. The quantitative estimate of drug-likeness (QED) is 0.238. The molecule has 0 saturated carbocycles. The Morgan fingerprint density at radius 3 is 2.79 bits per heavy atom. The summed E-state index contributed by atoms with van der Waals surface area (Å²) in [6, 6.07) is -0.413. The molecule has 0 spiro atoms. The lowest BCUT2D eigenvalue weighted by Crippen LogP contribution is -2.44. The van der Waals surface area contributed by atoms with Crippen LogP contribution in [0.5, 0.6) is 0 Å². The number of nitrogens with zero attached hydrogens (tertiary/aromatic N) is 1. The lowest BCUT2D eigenvalue weighted by molar-refractivity contribution is -0.122. The molecule has 0 aromatic carbocycles. The highest BCUT2D eigenvalue weighted by molar-refractivity contribution is 5.89. The van der Waals surface area contributed by atoms with Crippen LogP contribution in [0.15, 0.2) is 5.16 Å². The summed E-state index contributed by atoms with van der Waals surface area (Å²) in [7, 11) is 1.52. The molecule has 0 radical (unpaired) electrons. The van der Waals surface area contributed by atoms with Crippen LogP contribution in [0.1, 0.15) is 19.8 Å². The van der Waals surface area contributed by atoms with Crippen LogP contribution < -0.4 is 11.1 Å². The minimum atomic E-state index is -0.413. The zero-order valence-electron chi connectivity index (χ0n) is 8.49. The van der Waals surface area contributed by atoms with Crippen molar-refractivity contribution in [3.05, 3.63) is 0 Å². The van der Waals surface area contributed by atoms with Gasteiger partial charge in [0.15, 0.2) is 5.84 Å². The van der Waals surface area contributed by atoms with Gasteiger partial charge in [-0.3, -0.25) is 4.79 Å². The molecule has 0 aliphatic heterocycles. The molecule has 0 rings (SSSR count). The molecule has 6 nitrogen and oxygen atoms in total. The molecule has 1 atom stereocenters. The monoisotopic (exact) mass is 203 g/mol. The van der Waals surface area contributed by atoms with Crippen LogP contribution in [0.3, 0.4) is 0 Å². The molecule has 0 aromatic heterocycles. The summed E-state index contributed by atoms with van der Waals surface area (Å²) in [4.78, 5) is 11.2. The summed E-state index contributed by atoms with van der Waals surface area (Å²) in [5, 5.41) is 13.9. The molecule has 0 fully saturated rings. The number of carbonyl (C=O) groups is 1. The maximum Gasteiger partial charge on any atom is 0.222 e. The topological polar surface area (TPSA) is 96.9 Å². The first-order valence-electron chi connectivity index (χ1n) is 4.41. The number of carbonyl (C=O) groups excluding carboxylic acids is 1. The molecule has 0 aromatic rings. The standard InChI is InChI=1S/C8H17N3O3/c1-3-6(8(9)11-13)10-7(12)4-5-14-2/h6,13H,3-5H2,1-2H3,(H2,9,11)(H,10,12). The molecule has 0 heterocycles. The fourth-order valence-electron chi connectivity index (χ4n) is 0.916. The van der Waals surface area contributed by atoms with Crippen molar-refractivity contribution < 1.29 is 14.7 Å². The number of nitrogens with two attached hydrogens (primary N) is 1. The summed E-state index contributed by atoms with van der Waals surface area (Å²) in [6.45, 7) is 2.19. The van der Waals surface area contributed by atoms with Gasteiger partial charge in [-0.25, -0.2) is 0 Å². The number of methoxy groups -OCH3 is 1. The summed E-state index contributed by atoms with van der Waals surface area (Å²) in [5.41, 5.74) is 5.36. The lowest BCUT2D eigenvalue weighted by atomic mass is 10.2. The number of ether oxygens (including phenoxy) is 1. The molecule has 1 unspecified atom stereocenters. The van der Waals surface area contributed by atoms with E-state index in [2.05, 4.69) is 10.5 Å². The average Bonchev–Trinajstić information content (AvgIpc) is 2.21. The van der Waals surface area contributed by atoms with Crippen molar-refractivity contribution in [2.24, 2.45) is 10.9 Å². The van der Waals surface area contributed by atoms with E-state index in [4.69, 9.17) is 15.7 Å². The van der Waals surface area contributed by atoms with Crippen LogP contribution >= 0.6 is 0 Å². The van der Waals surface area contributed by atoms with E-state index in [1.807, 2.05) is 6.92 Å². The molecule has 6 heteroatoms. The van der Waals surface area contributed by atoms with Crippen molar-refractivity contribution in [3.63, 3.8) is 0 Å². The zero-order valence-corrected chi connectivity index (χ0v) is 8.49. The van der Waals surface area contributed by atoms with Gasteiger partial charge in [-0.15, -0.1) is 0 Å². The van der Waals surface area contributed by atoms with Crippen molar-refractivity contribution in [1.82, 2.24) is 5.32 Å². The molecule has 4 N–H and O–H groups in total. The van der Waals surface area contributed by atoms with Crippen molar-refractivity contribution in [2.75, 3.05) is 13.7 Å². The first kappa shape index (κ1) is 12.7. The summed E-state index contributed by atoms with van der Waals surface area (Å²) >= 11 is 0. The highest BCUT2D eigenvalue weighted by atomic mass is 16.5. The number of nitrogens with one attached hydrogen (secondary N) is 1. The summed E-state index contributed by atoms with van der Waals surface area (Å²) in [6.07, 6.45) is 0.848. The molecule has 0 bridgehead atoms. The maximum atomic E-state index is 11.2. The highest BCUT2D eigenvalue weighted by Gasteiger charge is 2.13. The second-order valence-electron chi connectivity index (χ2n) is 2.80. The number of rotatable bonds is 6. The van der Waals surface area contributed by atoms with Crippen molar-refractivity contribution in [3.8, 4) is 0 Å². The minimum Gasteiger partial charge on any atom is -0.409 e. The van der Waals surface area contributed by atoms with Gasteiger partial charge in [0, 0.05) is 13.5 Å². The summed E-state index contributed by atoms with van der Waals surface area (Å²) in [5.74, 6) is -0.163. The third-order valence-corrected chi connectivity index (χ3v) is 1.75. The number of oxime groups is 1. The van der Waals surface area contributed by atoms with E-state index in [0.29, 0.717) is 13.0 Å². The SMILES string of the molecule is CCC(NC(=O)CCOC)C(N)=NO. The lowest BCUT2D eigenvalue weighted by Gasteiger charge is -2.14. The molecule has 82 valence electrons. The van der Waals surface area contributed by atoms with E-state index in [-0.39, 0.29) is 18.2 Å². The predicted molar refractivity (Wildman–Crippen MR) is 52.1 cm³/mol. The number of amides is 1. The highest BCUT2D eigenvalue weighted by Crippen LogP contribution is 1.92. The minimum absolute atomic E-state index is 0.0123. The third kappa shape index (κ3) is 4.66. The molecule has 0 saturated heterocycles. The normalized spacial score (nSPS) is 13.7. The van der Waals surface area contributed by atoms with Crippen LogP contribution in [0.25, 0.3) is 0 Å². The van der Waals surface area contributed by atoms with Crippen LogP contribution in [0, 0.1) is 0 Å². The molecular formula is C8H17N3O3. The Morgan fingerprint density at radius 2 is 2.36 bits per heavy atom. The van der Waals surface area contributed by atoms with Crippen LogP contribution in [-0.4, -0.2) is 36.7 Å². The smallest absolute Gasteiger partial charge is 0.222 e. The largest absolute Gasteiger partial charge is 0.409 e. The van der Waals surface area contributed by atoms with Crippen LogP contribution in [0.2, 0.25) is 0 Å². The Morgan fingerprint density at radius 1 is 1.71 bits per heavy atom. The molecule has 0 aliphatic carbocycles. The van der Waals surface area contributed by atoms with Gasteiger partial charge in [-0.1, -0.05) is 12.1 Å². The fraction of sp³-hybridized carbons (Fsp3) is 0.750. The van der Waals surface area contributed by atoms with E-state index in [1.54, 1.807) is 0 Å². The third-order valence-electron chi connectivity index (χ3n) is 1.75. The Bertz CT molecular complexity index is 206. The fourth-order valence-corrected chi connectivity index (χ4v) is 0.916. The van der Waals surface area contributed by atoms with Crippen molar-refractivity contribution in [2.45, 2.75) is 25.8 Å². The van der Waals surface area contributed by atoms with Gasteiger partial charge in [-0.2, -0.15) is 0 Å². The Balaban J connectivity index is 3.99. The van der Waals surface area contributed by atoms with Gasteiger partial charge >= 0.3 is 0 Å². The second kappa shape index (κ2) is 7.14. The summed E-state index contributed by atoms with van der Waals surface area (Å²) < 4.78 is 4.74. The second-order valence-corrected chi connectivity index (χ2v) is 2.80. The Labute approximate surface area is 83.1 Å². The van der Waals surface area contributed by atoms with Gasteiger partial charge in [0.2, 0.25) is 5.91 Å². The van der Waals surface area contributed by atoms with Crippen LogP contribution in [0.4, 0.5) is 0 Å². The van der Waals surface area contributed by atoms with Gasteiger partial charge < -0.3 is 21.0 Å². The van der Waals surface area contributed by atoms with E-state index >= 15 is 0 Å². The van der Waals surface area contributed by atoms with Gasteiger partial charge in [0.1, 0.15) is 0 Å². The van der Waals surface area contributed by atoms with E-state index in [1.165, 1.54) is 7.11 Å². The van der Waals surface area contributed by atoms with Crippen molar-refractivity contribution in [1.29, 1.82) is 0 Å². The predicted octanol–water partition coefficient (Wildman–Crippen LogP) is -0.336.